The first-order valence-electron chi connectivity index (χ1n) is 8.26. The second kappa shape index (κ2) is 5.81. The Bertz CT molecular complexity index is 707. The highest BCUT2D eigenvalue weighted by atomic mass is 16.3. The van der Waals surface area contributed by atoms with Crippen LogP contribution in [-0.2, 0) is 0 Å². The van der Waals surface area contributed by atoms with E-state index < -0.39 is 0 Å². The van der Waals surface area contributed by atoms with Crippen LogP contribution in [0.15, 0.2) is 35.1 Å². The van der Waals surface area contributed by atoms with Crippen molar-refractivity contribution in [1.29, 1.82) is 0 Å². The number of oxazole rings is 1. The number of hydrogen-bond acceptors (Lipinski definition) is 4. The first-order chi connectivity index (χ1) is 11.2. The van der Waals surface area contributed by atoms with E-state index in [-0.39, 0.29) is 5.91 Å². The Morgan fingerprint density at radius 1 is 1.22 bits per heavy atom. The number of benzene rings is 1. The number of fused-ring (bicyclic) bond motifs is 2. The zero-order chi connectivity index (χ0) is 15.8. The van der Waals surface area contributed by atoms with Crippen LogP contribution in [-0.4, -0.2) is 41.0 Å². The molecule has 1 N–H and O–H groups in total. The summed E-state index contributed by atoms with van der Waals surface area (Å²) < 4.78 is 5.52. The number of aryl methyl sites for hydroxylation is 1. The zero-order valence-corrected chi connectivity index (χ0v) is 13.3. The average molecular weight is 311 g/mol. The van der Waals surface area contributed by atoms with Crippen molar-refractivity contribution in [2.75, 3.05) is 13.1 Å². The fourth-order valence-corrected chi connectivity index (χ4v) is 3.59. The van der Waals surface area contributed by atoms with E-state index in [9.17, 15) is 4.79 Å². The Morgan fingerprint density at radius 3 is 2.83 bits per heavy atom. The molecule has 2 bridgehead atoms. The predicted molar refractivity (Wildman–Crippen MR) is 87.1 cm³/mol. The Hall–Kier alpha value is -2.14. The van der Waals surface area contributed by atoms with Gasteiger partial charge in [-0.3, -0.25) is 4.79 Å². The number of carbonyl (C=O) groups is 1. The molecule has 3 heterocycles. The molecule has 1 amide bonds. The summed E-state index contributed by atoms with van der Waals surface area (Å²) in [5, 5.41) is 3.60. The molecule has 1 aromatic heterocycles. The second-order valence-electron chi connectivity index (χ2n) is 6.57. The third-order valence-corrected chi connectivity index (χ3v) is 4.89. The minimum absolute atomic E-state index is 0.0244. The molecule has 5 nitrogen and oxygen atoms in total. The van der Waals surface area contributed by atoms with Crippen LogP contribution in [0, 0.1) is 6.92 Å². The van der Waals surface area contributed by atoms with E-state index >= 15 is 0 Å². The zero-order valence-electron chi connectivity index (χ0n) is 13.3. The molecule has 23 heavy (non-hydrogen) atoms. The molecule has 2 unspecified atom stereocenters. The summed E-state index contributed by atoms with van der Waals surface area (Å²) in [5.41, 5.74) is 2.49. The standard InChI is InChI=1S/C18H21N3O2/c1-12-2-4-13(5-3-12)17-16(19-11-23-17)18(22)21-9-8-14-6-7-15(10-21)20-14/h2-5,11,14-15,20H,6-10H2,1H3. The van der Waals surface area contributed by atoms with Crippen LogP contribution in [0.5, 0.6) is 0 Å². The number of carbonyl (C=O) groups excluding carboxylic acids is 1. The largest absolute Gasteiger partial charge is 0.443 e. The number of aromatic nitrogens is 1. The highest BCUT2D eigenvalue weighted by molar-refractivity contribution is 5.97. The maximum Gasteiger partial charge on any atom is 0.276 e. The van der Waals surface area contributed by atoms with E-state index in [1.54, 1.807) is 0 Å². The minimum Gasteiger partial charge on any atom is -0.443 e. The van der Waals surface area contributed by atoms with Gasteiger partial charge in [-0.1, -0.05) is 29.8 Å². The van der Waals surface area contributed by atoms with Crippen LogP contribution in [0.2, 0.25) is 0 Å². The fourth-order valence-electron chi connectivity index (χ4n) is 3.59. The number of rotatable bonds is 2. The van der Waals surface area contributed by atoms with Crippen molar-refractivity contribution < 1.29 is 9.21 Å². The van der Waals surface area contributed by atoms with Gasteiger partial charge in [0.15, 0.2) is 17.8 Å². The van der Waals surface area contributed by atoms with Gasteiger partial charge in [-0.15, -0.1) is 0 Å². The van der Waals surface area contributed by atoms with Gasteiger partial charge in [-0.25, -0.2) is 4.98 Å². The molecule has 0 radical (unpaired) electrons. The van der Waals surface area contributed by atoms with E-state index in [1.165, 1.54) is 18.4 Å². The van der Waals surface area contributed by atoms with Crippen LogP contribution >= 0.6 is 0 Å². The molecule has 2 aliphatic rings. The summed E-state index contributed by atoms with van der Waals surface area (Å²) in [7, 11) is 0. The van der Waals surface area contributed by atoms with E-state index in [0.717, 1.165) is 31.5 Å². The number of hydrogen-bond donors (Lipinski definition) is 1. The maximum absolute atomic E-state index is 12.9. The van der Waals surface area contributed by atoms with Crippen molar-refractivity contribution in [3.8, 4) is 11.3 Å². The average Bonchev–Trinajstić information content (AvgIpc) is 3.14. The van der Waals surface area contributed by atoms with Crippen molar-refractivity contribution in [3.05, 3.63) is 41.9 Å². The molecule has 120 valence electrons. The van der Waals surface area contributed by atoms with Crippen LogP contribution in [0.3, 0.4) is 0 Å². The van der Waals surface area contributed by atoms with Gasteiger partial charge >= 0.3 is 0 Å². The van der Waals surface area contributed by atoms with Crippen LogP contribution in [0.25, 0.3) is 11.3 Å². The summed E-state index contributed by atoms with van der Waals surface area (Å²) in [5.74, 6) is 0.543. The first-order valence-corrected chi connectivity index (χ1v) is 8.26. The van der Waals surface area contributed by atoms with Crippen molar-refractivity contribution in [3.63, 3.8) is 0 Å². The molecule has 4 rings (SSSR count). The Balaban J connectivity index is 1.59. The molecule has 2 atom stereocenters. The normalized spacial score (nSPS) is 23.8. The molecule has 0 aliphatic carbocycles. The topological polar surface area (TPSA) is 58.4 Å². The van der Waals surface area contributed by atoms with Crippen molar-refractivity contribution in [1.82, 2.24) is 15.2 Å². The third-order valence-electron chi connectivity index (χ3n) is 4.89. The Morgan fingerprint density at radius 2 is 2.00 bits per heavy atom. The summed E-state index contributed by atoms with van der Waals surface area (Å²) in [6, 6.07) is 8.95. The molecule has 2 saturated heterocycles. The van der Waals surface area contributed by atoms with Gasteiger partial charge in [0.05, 0.1) is 0 Å². The molecule has 2 aromatic rings. The molecule has 2 aliphatic heterocycles. The number of nitrogens with one attached hydrogen (secondary N) is 1. The molecule has 5 heteroatoms. The van der Waals surface area contributed by atoms with Gasteiger partial charge in [-0.05, 0) is 26.2 Å². The van der Waals surface area contributed by atoms with Gasteiger partial charge in [0.25, 0.3) is 5.91 Å². The van der Waals surface area contributed by atoms with Gasteiger partial charge < -0.3 is 14.6 Å². The minimum atomic E-state index is -0.0244. The lowest BCUT2D eigenvalue weighted by molar-refractivity contribution is 0.0743. The van der Waals surface area contributed by atoms with Gasteiger partial charge in [0, 0.05) is 30.7 Å². The number of nitrogens with zero attached hydrogens (tertiary/aromatic N) is 2. The fraction of sp³-hybridized carbons (Fsp3) is 0.444. The molecule has 1 aromatic carbocycles. The lowest BCUT2D eigenvalue weighted by Crippen LogP contribution is -2.39. The lowest BCUT2D eigenvalue weighted by atomic mass is 10.1. The van der Waals surface area contributed by atoms with Gasteiger partial charge in [-0.2, -0.15) is 0 Å². The van der Waals surface area contributed by atoms with E-state index in [0.29, 0.717) is 23.5 Å². The monoisotopic (exact) mass is 311 g/mol. The smallest absolute Gasteiger partial charge is 0.276 e. The van der Waals surface area contributed by atoms with Gasteiger partial charge in [0.2, 0.25) is 0 Å². The summed E-state index contributed by atoms with van der Waals surface area (Å²) in [6.45, 7) is 3.58. The van der Waals surface area contributed by atoms with E-state index in [2.05, 4.69) is 10.3 Å². The molecular weight excluding hydrogens is 290 g/mol. The molecule has 0 saturated carbocycles. The summed E-state index contributed by atoms with van der Waals surface area (Å²) in [6.07, 6.45) is 4.76. The molecule has 0 spiro atoms. The van der Waals surface area contributed by atoms with Crippen molar-refractivity contribution in [2.45, 2.75) is 38.3 Å². The summed E-state index contributed by atoms with van der Waals surface area (Å²) >= 11 is 0. The SMILES string of the molecule is Cc1ccc(-c2ocnc2C(=O)N2CCC3CCC(C2)N3)cc1. The quantitative estimate of drug-likeness (QED) is 0.926. The highest BCUT2D eigenvalue weighted by Gasteiger charge is 2.33. The van der Waals surface area contributed by atoms with E-state index in [1.807, 2.05) is 36.1 Å². The van der Waals surface area contributed by atoms with Crippen molar-refractivity contribution >= 4 is 5.91 Å². The highest BCUT2D eigenvalue weighted by Crippen LogP contribution is 2.26. The van der Waals surface area contributed by atoms with Crippen LogP contribution < -0.4 is 5.32 Å². The first kappa shape index (κ1) is 14.5. The van der Waals surface area contributed by atoms with Crippen molar-refractivity contribution in [2.24, 2.45) is 0 Å². The van der Waals surface area contributed by atoms with Gasteiger partial charge in [0.1, 0.15) is 0 Å². The predicted octanol–water partition coefficient (Wildman–Crippen LogP) is 2.62. The number of likely N-dealkylation sites (tertiary alicyclic amines) is 1. The molecule has 2 fully saturated rings. The second-order valence-corrected chi connectivity index (χ2v) is 6.57. The van der Waals surface area contributed by atoms with Crippen LogP contribution in [0.1, 0.15) is 35.3 Å². The molecular formula is C18H21N3O2. The van der Waals surface area contributed by atoms with E-state index in [4.69, 9.17) is 4.42 Å². The lowest BCUT2D eigenvalue weighted by Gasteiger charge is -2.23. The maximum atomic E-state index is 12.9. The Labute approximate surface area is 135 Å². The third kappa shape index (κ3) is 2.77. The number of amides is 1. The Kier molecular flexibility index (Phi) is 3.65. The summed E-state index contributed by atoms with van der Waals surface area (Å²) in [4.78, 5) is 19.1. The van der Waals surface area contributed by atoms with Crippen LogP contribution in [0.4, 0.5) is 0 Å².